The highest BCUT2D eigenvalue weighted by Gasteiger charge is 2.44. The van der Waals surface area contributed by atoms with Gasteiger partial charge in [-0.05, 0) is 31.6 Å². The van der Waals surface area contributed by atoms with E-state index in [1.54, 1.807) is 0 Å². The average Bonchev–Trinajstić information content (AvgIpc) is 2.48. The number of nitrogens with one attached hydrogen (secondary N) is 2. The minimum Gasteiger partial charge on any atom is -0.480 e. The van der Waals surface area contributed by atoms with Gasteiger partial charge in [0.15, 0.2) is 0 Å². The highest BCUT2D eigenvalue weighted by Crippen LogP contribution is 2.34. The van der Waals surface area contributed by atoms with E-state index in [2.05, 4.69) is 17.6 Å². The number of carboxylic acids is 1. The van der Waals surface area contributed by atoms with Gasteiger partial charge in [0.05, 0.1) is 13.2 Å². The molecule has 6 heteroatoms. The quantitative estimate of drug-likeness (QED) is 0.700. The molecule has 1 amide bonds. The van der Waals surface area contributed by atoms with Crippen molar-refractivity contribution in [3.8, 4) is 0 Å². The largest absolute Gasteiger partial charge is 0.480 e. The van der Waals surface area contributed by atoms with Gasteiger partial charge in [0.1, 0.15) is 11.6 Å². The fourth-order valence-corrected chi connectivity index (χ4v) is 3.03. The van der Waals surface area contributed by atoms with Gasteiger partial charge in [0.2, 0.25) is 5.91 Å². The SMILES string of the molecule is CCC1CCC(NC(=O)C2COCCN2)(C(=O)O)CC1. The maximum absolute atomic E-state index is 12.2. The minimum absolute atomic E-state index is 0.262. The third-order valence-corrected chi connectivity index (χ3v) is 4.55. The van der Waals surface area contributed by atoms with E-state index in [-0.39, 0.29) is 5.91 Å². The molecule has 2 fully saturated rings. The van der Waals surface area contributed by atoms with E-state index < -0.39 is 17.6 Å². The summed E-state index contributed by atoms with van der Waals surface area (Å²) < 4.78 is 5.25. The molecule has 0 radical (unpaired) electrons. The summed E-state index contributed by atoms with van der Waals surface area (Å²) >= 11 is 0. The van der Waals surface area contributed by atoms with E-state index in [1.807, 2.05) is 0 Å². The number of aliphatic carboxylic acids is 1. The van der Waals surface area contributed by atoms with E-state index in [9.17, 15) is 14.7 Å². The molecule has 0 spiro atoms. The molecule has 0 aromatic heterocycles. The number of carbonyl (C=O) groups is 2. The van der Waals surface area contributed by atoms with Crippen LogP contribution < -0.4 is 10.6 Å². The predicted molar refractivity (Wildman–Crippen MR) is 73.4 cm³/mol. The summed E-state index contributed by atoms with van der Waals surface area (Å²) in [5.41, 5.74) is -1.10. The standard InChI is InChI=1S/C14H24N2O4/c1-2-10-3-5-14(6-4-10,13(18)19)16-12(17)11-9-20-8-7-15-11/h10-11,15H,2-9H2,1H3,(H,16,17)(H,18,19). The molecule has 1 aliphatic carbocycles. The van der Waals surface area contributed by atoms with Crippen LogP contribution in [0, 0.1) is 5.92 Å². The van der Waals surface area contributed by atoms with Gasteiger partial charge >= 0.3 is 5.97 Å². The number of hydrogen-bond donors (Lipinski definition) is 3. The Kier molecular flexibility index (Phi) is 4.99. The molecular formula is C14H24N2O4. The van der Waals surface area contributed by atoms with E-state index in [0.29, 0.717) is 38.5 Å². The van der Waals surface area contributed by atoms with Crippen LogP contribution in [0.1, 0.15) is 39.0 Å². The van der Waals surface area contributed by atoms with E-state index in [0.717, 1.165) is 19.3 Å². The van der Waals surface area contributed by atoms with Crippen LogP contribution in [0.25, 0.3) is 0 Å². The van der Waals surface area contributed by atoms with Crippen molar-refractivity contribution in [2.75, 3.05) is 19.8 Å². The van der Waals surface area contributed by atoms with Crippen LogP contribution >= 0.6 is 0 Å². The minimum atomic E-state index is -1.10. The topological polar surface area (TPSA) is 87.7 Å². The van der Waals surface area contributed by atoms with Crippen molar-refractivity contribution in [3.63, 3.8) is 0 Å². The Morgan fingerprint density at radius 1 is 1.40 bits per heavy atom. The molecule has 1 saturated carbocycles. The predicted octanol–water partition coefficient (Wildman–Crippen LogP) is 0.515. The Bertz CT molecular complexity index is 358. The average molecular weight is 284 g/mol. The molecule has 1 atom stereocenters. The van der Waals surface area contributed by atoms with Crippen LogP contribution in [-0.4, -0.2) is 48.3 Å². The van der Waals surface area contributed by atoms with Gasteiger partial charge in [-0.15, -0.1) is 0 Å². The molecule has 1 saturated heterocycles. The zero-order valence-electron chi connectivity index (χ0n) is 12.0. The molecule has 0 bridgehead atoms. The summed E-state index contributed by atoms with van der Waals surface area (Å²) in [6.45, 7) is 3.64. The zero-order valence-corrected chi connectivity index (χ0v) is 12.0. The van der Waals surface area contributed by atoms with Gasteiger partial charge in [0.25, 0.3) is 0 Å². The van der Waals surface area contributed by atoms with Crippen molar-refractivity contribution < 1.29 is 19.4 Å². The lowest BCUT2D eigenvalue weighted by Gasteiger charge is -2.38. The van der Waals surface area contributed by atoms with Gasteiger partial charge < -0.3 is 20.5 Å². The molecule has 114 valence electrons. The molecule has 0 aromatic carbocycles. The van der Waals surface area contributed by atoms with E-state index >= 15 is 0 Å². The Hall–Kier alpha value is -1.14. The second-order valence-electron chi connectivity index (χ2n) is 5.81. The molecule has 1 heterocycles. The summed E-state index contributed by atoms with van der Waals surface area (Å²) in [6, 6.07) is -0.441. The van der Waals surface area contributed by atoms with Crippen LogP contribution in [0.4, 0.5) is 0 Å². The van der Waals surface area contributed by atoms with Crippen LogP contribution in [0.3, 0.4) is 0 Å². The molecule has 0 aromatic rings. The van der Waals surface area contributed by atoms with Crippen LogP contribution in [-0.2, 0) is 14.3 Å². The van der Waals surface area contributed by atoms with Crippen LogP contribution in [0.15, 0.2) is 0 Å². The maximum atomic E-state index is 12.2. The fraction of sp³-hybridized carbons (Fsp3) is 0.857. The maximum Gasteiger partial charge on any atom is 0.329 e. The molecule has 1 unspecified atom stereocenters. The molecule has 6 nitrogen and oxygen atoms in total. The second kappa shape index (κ2) is 6.54. The first kappa shape index (κ1) is 15.3. The van der Waals surface area contributed by atoms with Crippen molar-refractivity contribution in [1.82, 2.24) is 10.6 Å². The summed E-state index contributed by atoms with van der Waals surface area (Å²) in [4.78, 5) is 23.8. The van der Waals surface area contributed by atoms with E-state index in [1.165, 1.54) is 0 Å². The number of hydrogen-bond acceptors (Lipinski definition) is 4. The third-order valence-electron chi connectivity index (χ3n) is 4.55. The number of carbonyl (C=O) groups excluding carboxylic acids is 1. The summed E-state index contributed by atoms with van der Waals surface area (Å²) in [5, 5.41) is 15.3. The van der Waals surface area contributed by atoms with E-state index in [4.69, 9.17) is 4.74 Å². The van der Waals surface area contributed by atoms with Gasteiger partial charge in [0, 0.05) is 6.54 Å². The molecule has 1 aliphatic heterocycles. The monoisotopic (exact) mass is 284 g/mol. The number of carboxylic acid groups (broad SMARTS) is 1. The Morgan fingerprint density at radius 3 is 2.60 bits per heavy atom. The molecule has 2 aliphatic rings. The van der Waals surface area contributed by atoms with Crippen molar-refractivity contribution in [3.05, 3.63) is 0 Å². The van der Waals surface area contributed by atoms with Crippen molar-refractivity contribution in [2.24, 2.45) is 5.92 Å². The van der Waals surface area contributed by atoms with Crippen molar-refractivity contribution in [2.45, 2.75) is 50.6 Å². The first-order chi connectivity index (χ1) is 9.57. The van der Waals surface area contributed by atoms with Crippen LogP contribution in [0.2, 0.25) is 0 Å². The highest BCUT2D eigenvalue weighted by molar-refractivity contribution is 5.89. The lowest BCUT2D eigenvalue weighted by Crippen LogP contribution is -2.61. The number of rotatable bonds is 4. The fourth-order valence-electron chi connectivity index (χ4n) is 3.03. The van der Waals surface area contributed by atoms with Gasteiger partial charge in [-0.3, -0.25) is 4.79 Å². The Labute approximate surface area is 119 Å². The molecule has 20 heavy (non-hydrogen) atoms. The second-order valence-corrected chi connectivity index (χ2v) is 5.81. The number of ether oxygens (including phenoxy) is 1. The van der Waals surface area contributed by atoms with Gasteiger partial charge in [-0.1, -0.05) is 13.3 Å². The summed E-state index contributed by atoms with van der Waals surface area (Å²) in [5.74, 6) is -0.602. The number of morpholine rings is 1. The first-order valence-electron chi connectivity index (χ1n) is 7.44. The molecule has 3 N–H and O–H groups in total. The molecular weight excluding hydrogens is 260 g/mol. The smallest absolute Gasteiger partial charge is 0.329 e. The van der Waals surface area contributed by atoms with Gasteiger partial charge in [-0.25, -0.2) is 4.79 Å². The van der Waals surface area contributed by atoms with Crippen LogP contribution in [0.5, 0.6) is 0 Å². The van der Waals surface area contributed by atoms with Crippen molar-refractivity contribution >= 4 is 11.9 Å². The first-order valence-corrected chi connectivity index (χ1v) is 7.44. The lowest BCUT2D eigenvalue weighted by atomic mass is 9.75. The molecule has 2 rings (SSSR count). The van der Waals surface area contributed by atoms with Gasteiger partial charge in [-0.2, -0.15) is 0 Å². The third kappa shape index (κ3) is 3.30. The van der Waals surface area contributed by atoms with Crippen molar-refractivity contribution in [1.29, 1.82) is 0 Å². The number of amides is 1. The zero-order chi connectivity index (χ0) is 14.6. The summed E-state index contributed by atoms with van der Waals surface area (Å²) in [7, 11) is 0. The highest BCUT2D eigenvalue weighted by atomic mass is 16.5. The Balaban J connectivity index is 1.98. The lowest BCUT2D eigenvalue weighted by molar-refractivity contribution is -0.150. The summed E-state index contributed by atoms with van der Waals surface area (Å²) in [6.07, 6.45) is 3.82. The normalized spacial score (nSPS) is 34.5. The Morgan fingerprint density at radius 2 is 2.10 bits per heavy atom.